The van der Waals surface area contributed by atoms with Crippen molar-refractivity contribution in [2.24, 2.45) is 0 Å². The molecule has 1 atom stereocenters. The van der Waals surface area contributed by atoms with E-state index in [9.17, 15) is 4.39 Å². The van der Waals surface area contributed by atoms with Crippen molar-refractivity contribution >= 4 is 23.2 Å². The van der Waals surface area contributed by atoms with E-state index >= 15 is 0 Å². The lowest BCUT2D eigenvalue weighted by Crippen LogP contribution is -2.43. The van der Waals surface area contributed by atoms with Crippen LogP contribution in [0, 0.1) is 5.82 Å². The minimum atomic E-state index is -0.427. The summed E-state index contributed by atoms with van der Waals surface area (Å²) >= 11 is 12.1. The highest BCUT2D eigenvalue weighted by Crippen LogP contribution is 2.32. The van der Waals surface area contributed by atoms with Crippen molar-refractivity contribution in [2.45, 2.75) is 32.2 Å². The van der Waals surface area contributed by atoms with Gasteiger partial charge in [0, 0.05) is 29.7 Å². The van der Waals surface area contributed by atoms with E-state index in [4.69, 9.17) is 23.2 Å². The lowest BCUT2D eigenvalue weighted by atomic mass is 10.1. The van der Waals surface area contributed by atoms with Crippen LogP contribution < -0.4 is 5.43 Å². The van der Waals surface area contributed by atoms with Crippen molar-refractivity contribution in [3.63, 3.8) is 0 Å². The number of rotatable bonds is 3. The van der Waals surface area contributed by atoms with Gasteiger partial charge in [0.25, 0.3) is 0 Å². The molecule has 1 aliphatic heterocycles. The Morgan fingerprint density at radius 2 is 1.89 bits per heavy atom. The number of piperidine rings is 1. The van der Waals surface area contributed by atoms with Crippen LogP contribution in [0.4, 0.5) is 4.39 Å². The summed E-state index contributed by atoms with van der Waals surface area (Å²) in [6, 6.07) is 2.74. The minimum absolute atomic E-state index is 0.0983. The number of hydrazine groups is 1. The Balaban J connectivity index is 2.12. The topological polar surface area (TPSA) is 15.3 Å². The maximum atomic E-state index is 13.5. The zero-order valence-corrected chi connectivity index (χ0v) is 11.9. The summed E-state index contributed by atoms with van der Waals surface area (Å²) in [4.78, 5) is 0. The standard InChI is InChI=1S/C13H17Cl2FN2/c1-9(17-18-7-3-2-4-8-18)12-10(14)5-6-11(16)13(12)15/h5-6,9,17H,2-4,7-8H2,1H3. The van der Waals surface area contributed by atoms with Crippen LogP contribution in [0.25, 0.3) is 0 Å². The second-order valence-corrected chi connectivity index (χ2v) is 5.44. The SMILES string of the molecule is CC(NN1CCCCC1)c1c(Cl)ccc(F)c1Cl. The summed E-state index contributed by atoms with van der Waals surface area (Å²) in [7, 11) is 0. The van der Waals surface area contributed by atoms with Crippen LogP contribution in [-0.4, -0.2) is 18.1 Å². The fraction of sp³-hybridized carbons (Fsp3) is 0.538. The zero-order valence-electron chi connectivity index (χ0n) is 10.3. The van der Waals surface area contributed by atoms with Gasteiger partial charge < -0.3 is 0 Å². The van der Waals surface area contributed by atoms with Gasteiger partial charge in [0.1, 0.15) is 5.82 Å². The minimum Gasteiger partial charge on any atom is -0.248 e. The first kappa shape index (κ1) is 14.1. The second-order valence-electron chi connectivity index (χ2n) is 4.66. The smallest absolute Gasteiger partial charge is 0.142 e. The van der Waals surface area contributed by atoms with E-state index < -0.39 is 5.82 Å². The highest BCUT2D eigenvalue weighted by atomic mass is 35.5. The quantitative estimate of drug-likeness (QED) is 0.840. The highest BCUT2D eigenvalue weighted by molar-refractivity contribution is 6.36. The Hall–Kier alpha value is -0.350. The molecule has 2 nitrogen and oxygen atoms in total. The Bertz CT molecular complexity index is 420. The van der Waals surface area contributed by atoms with Crippen molar-refractivity contribution in [2.75, 3.05) is 13.1 Å². The van der Waals surface area contributed by atoms with Crippen molar-refractivity contribution in [1.82, 2.24) is 10.4 Å². The summed E-state index contributed by atoms with van der Waals surface area (Å²) in [5.41, 5.74) is 3.97. The molecule has 100 valence electrons. The van der Waals surface area contributed by atoms with Crippen LogP contribution in [0.5, 0.6) is 0 Å². The van der Waals surface area contributed by atoms with E-state index in [1.165, 1.54) is 25.3 Å². The molecule has 2 rings (SSSR count). The van der Waals surface area contributed by atoms with Gasteiger partial charge in [-0.05, 0) is 31.9 Å². The molecule has 1 N–H and O–H groups in total. The first-order chi connectivity index (χ1) is 8.59. The third-order valence-corrected chi connectivity index (χ3v) is 3.96. The molecule has 1 aliphatic rings. The van der Waals surface area contributed by atoms with Gasteiger partial charge in [-0.1, -0.05) is 29.6 Å². The summed E-state index contributed by atoms with van der Waals surface area (Å²) in [5.74, 6) is -0.427. The van der Waals surface area contributed by atoms with Crippen LogP contribution in [0.15, 0.2) is 12.1 Å². The van der Waals surface area contributed by atoms with Gasteiger partial charge in [0.15, 0.2) is 0 Å². The number of nitrogens with zero attached hydrogens (tertiary/aromatic N) is 1. The average Bonchev–Trinajstić information content (AvgIpc) is 2.36. The van der Waals surface area contributed by atoms with Crippen molar-refractivity contribution in [3.05, 3.63) is 33.6 Å². The Labute approximate surface area is 117 Å². The lowest BCUT2D eigenvalue weighted by molar-refractivity contribution is 0.133. The maximum absolute atomic E-state index is 13.5. The monoisotopic (exact) mass is 290 g/mol. The van der Waals surface area contributed by atoms with Crippen LogP contribution in [0.1, 0.15) is 37.8 Å². The molecule has 1 fully saturated rings. The molecule has 1 heterocycles. The zero-order chi connectivity index (χ0) is 13.1. The van der Waals surface area contributed by atoms with Crippen molar-refractivity contribution in [1.29, 1.82) is 0 Å². The molecule has 0 amide bonds. The van der Waals surface area contributed by atoms with Gasteiger partial charge >= 0.3 is 0 Å². The van der Waals surface area contributed by atoms with Crippen LogP contribution in [0.3, 0.4) is 0 Å². The molecule has 0 aliphatic carbocycles. The third kappa shape index (κ3) is 3.15. The van der Waals surface area contributed by atoms with Gasteiger partial charge in [-0.15, -0.1) is 0 Å². The second kappa shape index (κ2) is 6.20. The van der Waals surface area contributed by atoms with E-state index in [0.717, 1.165) is 13.1 Å². The van der Waals surface area contributed by atoms with E-state index in [-0.39, 0.29) is 11.1 Å². The Morgan fingerprint density at radius 3 is 2.56 bits per heavy atom. The fourth-order valence-electron chi connectivity index (χ4n) is 2.30. The van der Waals surface area contributed by atoms with Crippen LogP contribution >= 0.6 is 23.2 Å². The number of halogens is 3. The molecule has 1 aromatic carbocycles. The fourth-order valence-corrected chi connectivity index (χ4v) is 3.00. The number of hydrogen-bond acceptors (Lipinski definition) is 2. The van der Waals surface area contributed by atoms with Gasteiger partial charge in [0.05, 0.1) is 5.02 Å². The normalized spacial score (nSPS) is 18.9. The van der Waals surface area contributed by atoms with Crippen molar-refractivity contribution in [3.8, 4) is 0 Å². The first-order valence-corrected chi connectivity index (χ1v) is 6.99. The molecule has 1 unspecified atom stereocenters. The molecule has 0 bridgehead atoms. The van der Waals surface area contributed by atoms with E-state index in [0.29, 0.717) is 10.6 Å². The summed E-state index contributed by atoms with van der Waals surface area (Å²) in [6.07, 6.45) is 3.64. The van der Waals surface area contributed by atoms with Gasteiger partial charge in [-0.25, -0.2) is 14.8 Å². The molecule has 0 saturated carbocycles. The van der Waals surface area contributed by atoms with E-state index in [2.05, 4.69) is 10.4 Å². The third-order valence-electron chi connectivity index (χ3n) is 3.24. The molecule has 5 heteroatoms. The van der Waals surface area contributed by atoms with Crippen molar-refractivity contribution < 1.29 is 4.39 Å². The molecule has 0 radical (unpaired) electrons. The van der Waals surface area contributed by atoms with E-state index in [1.54, 1.807) is 6.07 Å². The lowest BCUT2D eigenvalue weighted by Gasteiger charge is -2.31. The molecular weight excluding hydrogens is 274 g/mol. The average molecular weight is 291 g/mol. The van der Waals surface area contributed by atoms with Gasteiger partial charge in [-0.3, -0.25) is 0 Å². The van der Waals surface area contributed by atoms with E-state index in [1.807, 2.05) is 6.92 Å². The summed E-state index contributed by atoms with van der Waals surface area (Å²) in [5, 5.41) is 2.77. The Morgan fingerprint density at radius 1 is 1.22 bits per heavy atom. The summed E-state index contributed by atoms with van der Waals surface area (Å²) < 4.78 is 13.5. The maximum Gasteiger partial charge on any atom is 0.142 e. The molecular formula is C13H17Cl2FN2. The number of benzene rings is 1. The number of nitrogens with one attached hydrogen (secondary N) is 1. The molecule has 0 spiro atoms. The highest BCUT2D eigenvalue weighted by Gasteiger charge is 2.19. The molecule has 18 heavy (non-hydrogen) atoms. The van der Waals surface area contributed by atoms with Crippen LogP contribution in [0.2, 0.25) is 10.0 Å². The Kier molecular flexibility index (Phi) is 4.84. The summed E-state index contributed by atoms with van der Waals surface area (Å²) in [6.45, 7) is 3.96. The molecule has 0 aromatic heterocycles. The largest absolute Gasteiger partial charge is 0.248 e. The van der Waals surface area contributed by atoms with Gasteiger partial charge in [0.2, 0.25) is 0 Å². The molecule has 1 saturated heterocycles. The predicted octanol–water partition coefficient (Wildman–Crippen LogP) is 4.18. The number of hydrogen-bond donors (Lipinski definition) is 1. The first-order valence-electron chi connectivity index (χ1n) is 6.24. The molecule has 1 aromatic rings. The van der Waals surface area contributed by atoms with Gasteiger partial charge in [-0.2, -0.15) is 0 Å². The van der Waals surface area contributed by atoms with Crippen LogP contribution in [-0.2, 0) is 0 Å². The predicted molar refractivity (Wildman–Crippen MR) is 73.4 cm³/mol.